The number of benzene rings is 2. The molecule has 4 nitrogen and oxygen atoms in total. The quantitative estimate of drug-likeness (QED) is 0.741. The van der Waals surface area contributed by atoms with Crippen LogP contribution in [0.25, 0.3) is 11.1 Å². The number of hydrogen-bond acceptors (Lipinski definition) is 2. The number of amides is 1. The first kappa shape index (κ1) is 14.0. The molecule has 3 aromatic rings. The van der Waals surface area contributed by atoms with Gasteiger partial charge in [-0.2, -0.15) is 5.10 Å². The summed E-state index contributed by atoms with van der Waals surface area (Å²) in [6.07, 6.45) is 2.27. The third-order valence-electron chi connectivity index (χ3n) is 3.45. The van der Waals surface area contributed by atoms with Gasteiger partial charge in [0.25, 0.3) is 5.91 Å². The Labute approximate surface area is 127 Å². The van der Waals surface area contributed by atoms with Gasteiger partial charge >= 0.3 is 0 Å². The number of anilines is 1. The van der Waals surface area contributed by atoms with E-state index in [1.54, 1.807) is 7.05 Å². The van der Waals surface area contributed by atoms with E-state index in [2.05, 4.69) is 5.10 Å². The molecule has 0 saturated heterocycles. The molecular weight excluding hydrogens is 281 g/mol. The largest absolute Gasteiger partial charge is 0.311 e. The van der Waals surface area contributed by atoms with Crippen molar-refractivity contribution in [3.63, 3.8) is 0 Å². The number of carbonyl (C=O) groups excluding carboxylic acids is 1. The van der Waals surface area contributed by atoms with Gasteiger partial charge in [-0.05, 0) is 11.6 Å². The highest BCUT2D eigenvalue weighted by molar-refractivity contribution is 6.07. The fourth-order valence-corrected chi connectivity index (χ4v) is 2.34. The molecule has 1 heterocycles. The van der Waals surface area contributed by atoms with Gasteiger partial charge in [-0.3, -0.25) is 4.79 Å². The molecule has 0 aliphatic heterocycles. The minimum Gasteiger partial charge on any atom is -0.311 e. The SMILES string of the molecule is CN(C(=O)c1cnn(F)c1)c1ccccc1-c1ccccc1. The van der Waals surface area contributed by atoms with Crippen LogP contribution in [0, 0.1) is 0 Å². The van der Waals surface area contributed by atoms with Crippen LogP contribution in [0.15, 0.2) is 67.0 Å². The van der Waals surface area contributed by atoms with E-state index in [1.165, 1.54) is 11.1 Å². The molecule has 0 unspecified atom stereocenters. The number of para-hydroxylation sites is 1. The zero-order chi connectivity index (χ0) is 15.5. The Bertz CT molecular complexity index is 798. The molecule has 5 heteroatoms. The Hall–Kier alpha value is -2.95. The lowest BCUT2D eigenvalue weighted by Gasteiger charge is -2.20. The summed E-state index contributed by atoms with van der Waals surface area (Å²) < 4.78 is 12.9. The molecule has 22 heavy (non-hydrogen) atoms. The van der Waals surface area contributed by atoms with Crippen LogP contribution in [-0.2, 0) is 0 Å². The van der Waals surface area contributed by atoms with Gasteiger partial charge in [0.05, 0.1) is 23.6 Å². The van der Waals surface area contributed by atoms with Gasteiger partial charge in [0.15, 0.2) is 0 Å². The molecule has 0 atom stereocenters. The minimum absolute atomic E-state index is 0.129. The summed E-state index contributed by atoms with van der Waals surface area (Å²) in [6.45, 7) is 0. The van der Waals surface area contributed by atoms with Crippen molar-refractivity contribution in [3.05, 3.63) is 72.6 Å². The smallest absolute Gasteiger partial charge is 0.261 e. The molecule has 0 spiro atoms. The van der Waals surface area contributed by atoms with Crippen LogP contribution in [0.3, 0.4) is 0 Å². The highest BCUT2D eigenvalue weighted by Crippen LogP contribution is 2.30. The Balaban J connectivity index is 2.00. The molecule has 110 valence electrons. The molecule has 1 amide bonds. The Morgan fingerprint density at radius 3 is 2.45 bits per heavy atom. The fraction of sp³-hybridized carbons (Fsp3) is 0.0588. The molecule has 0 N–H and O–H groups in total. The average Bonchev–Trinajstić information content (AvgIpc) is 3.01. The Morgan fingerprint density at radius 2 is 1.77 bits per heavy atom. The van der Waals surface area contributed by atoms with Crippen molar-refractivity contribution in [3.8, 4) is 11.1 Å². The van der Waals surface area contributed by atoms with Crippen molar-refractivity contribution >= 4 is 11.6 Å². The van der Waals surface area contributed by atoms with Crippen LogP contribution in [0.1, 0.15) is 10.4 Å². The molecule has 0 radical (unpaired) electrons. The Morgan fingerprint density at radius 1 is 1.09 bits per heavy atom. The number of rotatable bonds is 3. The summed E-state index contributed by atoms with van der Waals surface area (Å²) in [5, 5.41) is 3.40. The highest BCUT2D eigenvalue weighted by Gasteiger charge is 2.18. The number of aromatic nitrogens is 2. The number of hydrogen-bond donors (Lipinski definition) is 0. The van der Waals surface area contributed by atoms with Gasteiger partial charge in [0.1, 0.15) is 0 Å². The van der Waals surface area contributed by atoms with E-state index in [9.17, 15) is 9.28 Å². The van der Waals surface area contributed by atoms with Gasteiger partial charge in [-0.25, -0.2) is 0 Å². The first-order chi connectivity index (χ1) is 10.7. The topological polar surface area (TPSA) is 38.1 Å². The maximum atomic E-state index is 12.9. The molecule has 2 aromatic carbocycles. The lowest BCUT2D eigenvalue weighted by Crippen LogP contribution is -2.26. The summed E-state index contributed by atoms with van der Waals surface area (Å²) in [5.74, 6) is -0.313. The van der Waals surface area contributed by atoms with Crippen molar-refractivity contribution in [1.29, 1.82) is 0 Å². The molecule has 3 rings (SSSR count). The predicted octanol–water partition coefficient (Wildman–Crippen LogP) is 3.56. The van der Waals surface area contributed by atoms with Crippen molar-refractivity contribution < 1.29 is 9.28 Å². The standard InChI is InChI=1S/C17H14FN3O/c1-20(17(22)14-11-19-21(18)12-14)16-10-6-5-9-15(16)13-7-3-2-4-8-13/h2-12H,1H3. The summed E-state index contributed by atoms with van der Waals surface area (Å²) >= 11 is 0. The number of nitrogens with zero attached hydrogens (tertiary/aromatic N) is 3. The summed E-state index contributed by atoms with van der Waals surface area (Å²) in [6, 6.07) is 17.4. The normalized spacial score (nSPS) is 10.5. The second-order valence-corrected chi connectivity index (χ2v) is 4.87. The second kappa shape index (κ2) is 5.81. The summed E-state index contributed by atoms with van der Waals surface area (Å²) in [5.41, 5.74) is 2.91. The van der Waals surface area contributed by atoms with Crippen LogP contribution in [0.5, 0.6) is 0 Å². The van der Waals surface area contributed by atoms with E-state index in [4.69, 9.17) is 0 Å². The molecule has 0 aliphatic carbocycles. The minimum atomic E-state index is -0.313. The van der Waals surface area contributed by atoms with Gasteiger partial charge in [-0.1, -0.05) is 53.0 Å². The monoisotopic (exact) mass is 295 g/mol. The second-order valence-electron chi connectivity index (χ2n) is 4.87. The van der Waals surface area contributed by atoms with Crippen LogP contribution >= 0.6 is 0 Å². The number of carbonyl (C=O) groups is 1. The highest BCUT2D eigenvalue weighted by atomic mass is 19.2. The molecule has 1 aromatic heterocycles. The molecule has 0 fully saturated rings. The van der Waals surface area contributed by atoms with Gasteiger partial charge < -0.3 is 4.90 Å². The van der Waals surface area contributed by atoms with Crippen molar-refractivity contribution in [2.45, 2.75) is 0 Å². The molecule has 0 bridgehead atoms. The van der Waals surface area contributed by atoms with Gasteiger partial charge in [0.2, 0.25) is 0 Å². The van der Waals surface area contributed by atoms with Crippen molar-refractivity contribution in [1.82, 2.24) is 10.0 Å². The van der Waals surface area contributed by atoms with E-state index in [1.807, 2.05) is 54.6 Å². The summed E-state index contributed by atoms with van der Waals surface area (Å²) in [7, 11) is 1.67. The first-order valence-electron chi connectivity index (χ1n) is 6.80. The van der Waals surface area contributed by atoms with Crippen LogP contribution < -0.4 is 4.90 Å². The van der Waals surface area contributed by atoms with Crippen molar-refractivity contribution in [2.24, 2.45) is 0 Å². The average molecular weight is 295 g/mol. The lowest BCUT2D eigenvalue weighted by atomic mass is 10.0. The van der Waals surface area contributed by atoms with E-state index in [0.717, 1.165) is 23.0 Å². The third kappa shape index (κ3) is 2.61. The zero-order valence-electron chi connectivity index (χ0n) is 12.0. The van der Waals surface area contributed by atoms with Gasteiger partial charge in [-0.15, -0.1) is 4.90 Å². The van der Waals surface area contributed by atoms with E-state index >= 15 is 0 Å². The lowest BCUT2D eigenvalue weighted by molar-refractivity contribution is 0.0992. The fourth-order valence-electron chi connectivity index (χ4n) is 2.34. The first-order valence-corrected chi connectivity index (χ1v) is 6.80. The predicted molar refractivity (Wildman–Crippen MR) is 83.3 cm³/mol. The third-order valence-corrected chi connectivity index (χ3v) is 3.45. The van der Waals surface area contributed by atoms with Crippen LogP contribution in [0.2, 0.25) is 0 Å². The zero-order valence-corrected chi connectivity index (χ0v) is 12.0. The maximum Gasteiger partial charge on any atom is 0.261 e. The Kier molecular flexibility index (Phi) is 3.70. The summed E-state index contributed by atoms with van der Waals surface area (Å²) in [4.78, 5) is 14.1. The van der Waals surface area contributed by atoms with Crippen molar-refractivity contribution in [2.75, 3.05) is 11.9 Å². The molecule has 0 saturated carbocycles. The van der Waals surface area contributed by atoms with Crippen LogP contribution in [0.4, 0.5) is 10.2 Å². The molecule has 0 aliphatic rings. The van der Waals surface area contributed by atoms with E-state index in [-0.39, 0.29) is 16.4 Å². The number of halogens is 1. The van der Waals surface area contributed by atoms with E-state index in [0.29, 0.717) is 0 Å². The maximum absolute atomic E-state index is 12.9. The van der Waals surface area contributed by atoms with E-state index < -0.39 is 0 Å². The van der Waals surface area contributed by atoms with Gasteiger partial charge in [0, 0.05) is 12.6 Å². The van der Waals surface area contributed by atoms with Crippen LogP contribution in [-0.4, -0.2) is 23.0 Å². The molecular formula is C17H14FN3O.